The molecule has 136 valence electrons. The van der Waals surface area contributed by atoms with Crippen LogP contribution in [0.2, 0.25) is 0 Å². The number of nitrogens with zero attached hydrogens (tertiary/aromatic N) is 1. The number of hydrogen-bond acceptors (Lipinski definition) is 5. The molecule has 2 amide bonds. The predicted octanol–water partition coefficient (Wildman–Crippen LogP) is 2.62. The number of nitro benzene ring substituents is 1. The number of hydrogen-bond donors (Lipinski definition) is 3. The number of rotatable bonds is 6. The second-order valence-electron chi connectivity index (χ2n) is 5.72. The highest BCUT2D eigenvalue weighted by Gasteiger charge is 2.17. The average molecular weight is 356 g/mol. The van der Waals surface area contributed by atoms with E-state index >= 15 is 0 Å². The summed E-state index contributed by atoms with van der Waals surface area (Å²) in [5.41, 5.74) is 3.00. The summed E-state index contributed by atoms with van der Waals surface area (Å²) in [6.45, 7) is 3.58. The molecule has 0 bridgehead atoms. The first kappa shape index (κ1) is 18.9. The second kappa shape index (κ2) is 8.11. The van der Waals surface area contributed by atoms with E-state index in [1.165, 1.54) is 18.2 Å². The topological polar surface area (TPSA) is 113 Å². The molecule has 0 spiro atoms. The molecule has 0 atom stereocenters. The van der Waals surface area contributed by atoms with Crippen molar-refractivity contribution in [2.75, 3.05) is 24.2 Å². The number of anilines is 2. The number of carbonyl (C=O) groups excluding carboxylic acids is 2. The summed E-state index contributed by atoms with van der Waals surface area (Å²) >= 11 is 0. The lowest BCUT2D eigenvalue weighted by Crippen LogP contribution is -2.33. The normalized spacial score (nSPS) is 10.1. The molecule has 2 aromatic carbocycles. The van der Waals surface area contributed by atoms with Crippen molar-refractivity contribution in [1.82, 2.24) is 5.32 Å². The molecule has 0 unspecified atom stereocenters. The van der Waals surface area contributed by atoms with E-state index in [1.807, 2.05) is 26.0 Å². The van der Waals surface area contributed by atoms with E-state index in [2.05, 4.69) is 16.0 Å². The van der Waals surface area contributed by atoms with Gasteiger partial charge in [0.05, 0.1) is 17.0 Å². The predicted molar refractivity (Wildman–Crippen MR) is 99.5 cm³/mol. The van der Waals surface area contributed by atoms with Gasteiger partial charge in [0.25, 0.3) is 11.6 Å². The first-order valence-corrected chi connectivity index (χ1v) is 7.94. The minimum Gasteiger partial charge on any atom is -0.387 e. The largest absolute Gasteiger partial charge is 0.387 e. The van der Waals surface area contributed by atoms with Gasteiger partial charge in [0.15, 0.2) is 0 Å². The van der Waals surface area contributed by atoms with Gasteiger partial charge >= 0.3 is 0 Å². The summed E-state index contributed by atoms with van der Waals surface area (Å²) in [6, 6.07) is 9.47. The summed E-state index contributed by atoms with van der Waals surface area (Å²) in [7, 11) is 1.60. The van der Waals surface area contributed by atoms with Gasteiger partial charge in [-0.15, -0.1) is 0 Å². The zero-order chi connectivity index (χ0) is 19.3. The Morgan fingerprint density at radius 1 is 1.12 bits per heavy atom. The molecule has 0 aliphatic heterocycles. The zero-order valence-corrected chi connectivity index (χ0v) is 14.8. The Morgan fingerprint density at radius 3 is 2.50 bits per heavy atom. The van der Waals surface area contributed by atoms with Crippen LogP contribution < -0.4 is 16.0 Å². The summed E-state index contributed by atoms with van der Waals surface area (Å²) in [6.07, 6.45) is 0. The Morgan fingerprint density at radius 2 is 1.85 bits per heavy atom. The van der Waals surface area contributed by atoms with Gasteiger partial charge in [-0.2, -0.15) is 0 Å². The summed E-state index contributed by atoms with van der Waals surface area (Å²) in [5, 5.41) is 18.9. The van der Waals surface area contributed by atoms with Crippen LogP contribution in [-0.2, 0) is 4.79 Å². The third kappa shape index (κ3) is 4.35. The van der Waals surface area contributed by atoms with Crippen LogP contribution in [0, 0.1) is 24.0 Å². The SMILES string of the molecule is CNc1ccc([N+](=O)[O-])cc1C(=O)NCC(=O)Nc1cccc(C)c1C. The minimum atomic E-state index is -0.580. The van der Waals surface area contributed by atoms with Crippen molar-refractivity contribution >= 4 is 28.9 Å². The van der Waals surface area contributed by atoms with Crippen LogP contribution >= 0.6 is 0 Å². The third-order valence-corrected chi connectivity index (χ3v) is 4.02. The number of aryl methyl sites for hydroxylation is 1. The third-order valence-electron chi connectivity index (χ3n) is 4.02. The Hall–Kier alpha value is -3.42. The van der Waals surface area contributed by atoms with Crippen molar-refractivity contribution in [3.05, 3.63) is 63.2 Å². The van der Waals surface area contributed by atoms with Crippen LogP contribution in [0.1, 0.15) is 21.5 Å². The van der Waals surface area contributed by atoms with E-state index in [1.54, 1.807) is 13.1 Å². The molecule has 2 rings (SSSR count). The molecule has 0 aliphatic rings. The minimum absolute atomic E-state index is 0.0984. The van der Waals surface area contributed by atoms with E-state index < -0.39 is 10.8 Å². The molecule has 0 heterocycles. The van der Waals surface area contributed by atoms with Crippen molar-refractivity contribution < 1.29 is 14.5 Å². The maximum Gasteiger partial charge on any atom is 0.270 e. The molecule has 26 heavy (non-hydrogen) atoms. The standard InChI is InChI=1S/C18H20N4O4/c1-11-5-4-6-15(12(11)2)21-17(23)10-20-18(24)14-9-13(22(25)26)7-8-16(14)19-3/h4-9,19H,10H2,1-3H3,(H,20,24)(H,21,23). The quantitative estimate of drug-likeness (QED) is 0.544. The van der Waals surface area contributed by atoms with Crippen molar-refractivity contribution in [3.8, 4) is 0 Å². The van der Waals surface area contributed by atoms with E-state index in [-0.39, 0.29) is 23.7 Å². The van der Waals surface area contributed by atoms with Crippen molar-refractivity contribution in [3.63, 3.8) is 0 Å². The van der Waals surface area contributed by atoms with Crippen LogP contribution in [0.15, 0.2) is 36.4 Å². The van der Waals surface area contributed by atoms with Crippen LogP contribution in [0.4, 0.5) is 17.1 Å². The van der Waals surface area contributed by atoms with Gasteiger partial charge in [0.1, 0.15) is 0 Å². The Bertz CT molecular complexity index is 864. The maximum atomic E-state index is 12.3. The van der Waals surface area contributed by atoms with E-state index in [0.717, 1.165) is 11.1 Å². The molecule has 0 aromatic heterocycles. The zero-order valence-electron chi connectivity index (χ0n) is 14.8. The molecule has 8 heteroatoms. The number of non-ortho nitro benzene ring substituents is 1. The molecule has 2 aromatic rings. The first-order valence-electron chi connectivity index (χ1n) is 7.94. The van der Waals surface area contributed by atoms with Crippen LogP contribution in [0.25, 0.3) is 0 Å². The molecule has 3 N–H and O–H groups in total. The Balaban J connectivity index is 2.06. The van der Waals surface area contributed by atoms with Gasteiger partial charge in [0.2, 0.25) is 5.91 Å². The fourth-order valence-corrected chi connectivity index (χ4v) is 2.39. The van der Waals surface area contributed by atoms with Gasteiger partial charge in [-0.05, 0) is 37.1 Å². The number of benzene rings is 2. The molecule has 0 saturated carbocycles. The highest BCUT2D eigenvalue weighted by atomic mass is 16.6. The van der Waals surface area contributed by atoms with Crippen LogP contribution in [0.5, 0.6) is 0 Å². The molecule has 0 aliphatic carbocycles. The first-order chi connectivity index (χ1) is 12.3. The van der Waals surface area contributed by atoms with Gasteiger partial charge in [-0.25, -0.2) is 0 Å². The number of nitrogens with one attached hydrogen (secondary N) is 3. The van der Waals surface area contributed by atoms with Crippen LogP contribution in [0.3, 0.4) is 0 Å². The number of carbonyl (C=O) groups is 2. The monoisotopic (exact) mass is 356 g/mol. The number of nitro groups is 1. The molecular formula is C18H20N4O4. The van der Waals surface area contributed by atoms with Crippen molar-refractivity contribution in [2.45, 2.75) is 13.8 Å². The summed E-state index contributed by atoms with van der Waals surface area (Å²) in [4.78, 5) is 34.7. The van der Waals surface area contributed by atoms with Gasteiger partial charge in [-0.3, -0.25) is 19.7 Å². The van der Waals surface area contributed by atoms with E-state index in [0.29, 0.717) is 11.4 Å². The highest BCUT2D eigenvalue weighted by molar-refractivity contribution is 6.03. The number of amides is 2. The van der Waals surface area contributed by atoms with Crippen LogP contribution in [-0.4, -0.2) is 30.3 Å². The van der Waals surface area contributed by atoms with Gasteiger partial charge in [0, 0.05) is 30.6 Å². The molecule has 8 nitrogen and oxygen atoms in total. The van der Waals surface area contributed by atoms with Gasteiger partial charge < -0.3 is 16.0 Å². The molecule has 0 saturated heterocycles. The van der Waals surface area contributed by atoms with Gasteiger partial charge in [-0.1, -0.05) is 12.1 Å². The smallest absolute Gasteiger partial charge is 0.270 e. The molecule has 0 fully saturated rings. The lowest BCUT2D eigenvalue weighted by Gasteiger charge is -2.12. The fourth-order valence-electron chi connectivity index (χ4n) is 2.39. The highest BCUT2D eigenvalue weighted by Crippen LogP contribution is 2.22. The van der Waals surface area contributed by atoms with Crippen molar-refractivity contribution in [1.29, 1.82) is 0 Å². The summed E-state index contributed by atoms with van der Waals surface area (Å²) < 4.78 is 0. The molecule has 0 radical (unpaired) electrons. The van der Waals surface area contributed by atoms with Crippen molar-refractivity contribution in [2.24, 2.45) is 0 Å². The molecular weight excluding hydrogens is 336 g/mol. The fraction of sp³-hybridized carbons (Fsp3) is 0.222. The summed E-state index contributed by atoms with van der Waals surface area (Å²) in [5.74, 6) is -0.961. The lowest BCUT2D eigenvalue weighted by atomic mass is 10.1. The average Bonchev–Trinajstić information content (AvgIpc) is 2.62. The Labute approximate surface area is 150 Å². The van der Waals surface area contributed by atoms with E-state index in [9.17, 15) is 19.7 Å². The second-order valence-corrected chi connectivity index (χ2v) is 5.72. The van der Waals surface area contributed by atoms with E-state index in [4.69, 9.17) is 0 Å². The lowest BCUT2D eigenvalue weighted by molar-refractivity contribution is -0.384. The maximum absolute atomic E-state index is 12.3. The Kier molecular flexibility index (Phi) is 5.90.